The first-order chi connectivity index (χ1) is 9.88. The lowest BCUT2D eigenvalue weighted by molar-refractivity contribution is 0.0785. The maximum atomic E-state index is 12.5. The van der Waals surface area contributed by atoms with Crippen molar-refractivity contribution in [3.05, 3.63) is 68.7 Å². The Labute approximate surface area is 134 Å². The molecule has 0 unspecified atom stereocenters. The number of hydrogen-bond acceptors (Lipinski definition) is 1. The largest absolute Gasteiger partial charge is 0.337 e. The van der Waals surface area contributed by atoms with Gasteiger partial charge in [0.2, 0.25) is 0 Å². The fourth-order valence-corrected chi connectivity index (χ4v) is 2.68. The molecular formula is C18H20BrNO. The lowest BCUT2D eigenvalue weighted by Crippen LogP contribution is -2.26. The van der Waals surface area contributed by atoms with Crippen molar-refractivity contribution in [1.82, 2.24) is 4.90 Å². The molecule has 0 aliphatic rings. The lowest BCUT2D eigenvalue weighted by atomic mass is 10.0. The maximum absolute atomic E-state index is 12.5. The van der Waals surface area contributed by atoms with E-state index in [0.29, 0.717) is 12.1 Å². The zero-order valence-corrected chi connectivity index (χ0v) is 14.5. The zero-order valence-electron chi connectivity index (χ0n) is 12.9. The Kier molecular flexibility index (Phi) is 4.84. The predicted molar refractivity (Wildman–Crippen MR) is 90.6 cm³/mol. The molecule has 0 aliphatic carbocycles. The van der Waals surface area contributed by atoms with Gasteiger partial charge in [-0.25, -0.2) is 0 Å². The average molecular weight is 346 g/mol. The summed E-state index contributed by atoms with van der Waals surface area (Å²) in [5.41, 5.74) is 5.48. The number of hydrogen-bond donors (Lipinski definition) is 0. The minimum Gasteiger partial charge on any atom is -0.337 e. The Hall–Kier alpha value is -1.61. The van der Waals surface area contributed by atoms with Crippen LogP contribution in [0.5, 0.6) is 0 Å². The molecule has 0 N–H and O–H groups in total. The van der Waals surface area contributed by atoms with Crippen molar-refractivity contribution < 1.29 is 4.79 Å². The summed E-state index contributed by atoms with van der Waals surface area (Å²) in [4.78, 5) is 14.3. The summed E-state index contributed by atoms with van der Waals surface area (Å²) < 4.78 is 0.966. The second-order valence-electron chi connectivity index (χ2n) is 5.56. The van der Waals surface area contributed by atoms with E-state index in [1.54, 1.807) is 4.90 Å². The van der Waals surface area contributed by atoms with Gasteiger partial charge in [0.15, 0.2) is 0 Å². The van der Waals surface area contributed by atoms with Crippen molar-refractivity contribution in [1.29, 1.82) is 0 Å². The van der Waals surface area contributed by atoms with E-state index >= 15 is 0 Å². The Bertz CT molecular complexity index is 679. The number of amides is 1. The van der Waals surface area contributed by atoms with Gasteiger partial charge in [0, 0.05) is 23.6 Å². The molecule has 0 saturated heterocycles. The first kappa shape index (κ1) is 15.8. The monoisotopic (exact) mass is 345 g/mol. The molecule has 0 aliphatic heterocycles. The van der Waals surface area contributed by atoms with Crippen LogP contribution in [-0.4, -0.2) is 17.9 Å². The molecule has 2 aromatic rings. The third-order valence-electron chi connectivity index (χ3n) is 3.67. The molecule has 0 radical (unpaired) electrons. The van der Waals surface area contributed by atoms with E-state index in [2.05, 4.69) is 48.0 Å². The molecule has 0 spiro atoms. The van der Waals surface area contributed by atoms with Crippen LogP contribution in [0.1, 0.15) is 32.6 Å². The molecule has 2 aromatic carbocycles. The summed E-state index contributed by atoms with van der Waals surface area (Å²) in [7, 11) is 1.84. The molecule has 0 saturated carbocycles. The van der Waals surface area contributed by atoms with Crippen LogP contribution in [0.25, 0.3) is 0 Å². The fourth-order valence-electron chi connectivity index (χ4n) is 2.30. The van der Waals surface area contributed by atoms with E-state index in [-0.39, 0.29) is 5.91 Å². The van der Waals surface area contributed by atoms with Crippen molar-refractivity contribution in [2.75, 3.05) is 7.05 Å². The van der Waals surface area contributed by atoms with Gasteiger partial charge in [-0.3, -0.25) is 4.79 Å². The van der Waals surface area contributed by atoms with Gasteiger partial charge in [-0.05, 0) is 49.6 Å². The molecule has 0 fully saturated rings. The smallest absolute Gasteiger partial charge is 0.253 e. The third kappa shape index (κ3) is 3.73. The highest BCUT2D eigenvalue weighted by Crippen LogP contribution is 2.19. The van der Waals surface area contributed by atoms with E-state index in [1.807, 2.05) is 32.2 Å². The molecule has 110 valence electrons. The Balaban J connectivity index is 2.17. The van der Waals surface area contributed by atoms with Gasteiger partial charge in [0.25, 0.3) is 5.91 Å². The number of benzene rings is 2. The van der Waals surface area contributed by atoms with Crippen LogP contribution in [0.15, 0.2) is 40.9 Å². The van der Waals surface area contributed by atoms with Crippen molar-refractivity contribution in [3.8, 4) is 0 Å². The average Bonchev–Trinajstić information content (AvgIpc) is 2.44. The predicted octanol–water partition coefficient (Wildman–Crippen LogP) is 4.65. The third-order valence-corrected chi connectivity index (χ3v) is 4.53. The quantitative estimate of drug-likeness (QED) is 0.792. The number of aryl methyl sites for hydroxylation is 3. The summed E-state index contributed by atoms with van der Waals surface area (Å²) in [6, 6.07) is 12.1. The van der Waals surface area contributed by atoms with Gasteiger partial charge in [-0.1, -0.05) is 45.8 Å². The molecule has 2 rings (SSSR count). The standard InChI is InChI=1S/C18H20BrNO/c1-12-5-7-16(14(3)9-12)11-20(4)18(21)15-8-6-13(2)17(19)10-15/h5-10H,11H2,1-4H3. The highest BCUT2D eigenvalue weighted by Gasteiger charge is 2.13. The first-order valence-electron chi connectivity index (χ1n) is 6.96. The van der Waals surface area contributed by atoms with Crippen molar-refractivity contribution in [3.63, 3.8) is 0 Å². The molecule has 0 heterocycles. The van der Waals surface area contributed by atoms with E-state index in [9.17, 15) is 4.79 Å². The number of rotatable bonds is 3. The van der Waals surface area contributed by atoms with Crippen LogP contribution in [-0.2, 0) is 6.54 Å². The molecule has 1 amide bonds. The van der Waals surface area contributed by atoms with Gasteiger partial charge in [0.1, 0.15) is 0 Å². The first-order valence-corrected chi connectivity index (χ1v) is 7.75. The van der Waals surface area contributed by atoms with Gasteiger partial charge in [-0.2, -0.15) is 0 Å². The fraction of sp³-hybridized carbons (Fsp3) is 0.278. The topological polar surface area (TPSA) is 20.3 Å². The van der Waals surface area contributed by atoms with E-state index < -0.39 is 0 Å². The van der Waals surface area contributed by atoms with Crippen LogP contribution in [0.4, 0.5) is 0 Å². The van der Waals surface area contributed by atoms with Crippen LogP contribution in [0.2, 0.25) is 0 Å². The number of carbonyl (C=O) groups is 1. The minimum atomic E-state index is 0.0377. The van der Waals surface area contributed by atoms with Crippen molar-refractivity contribution in [2.24, 2.45) is 0 Å². The van der Waals surface area contributed by atoms with E-state index in [1.165, 1.54) is 16.7 Å². The molecule has 0 bridgehead atoms. The van der Waals surface area contributed by atoms with Gasteiger partial charge < -0.3 is 4.90 Å². The Morgan fingerprint density at radius 1 is 1.05 bits per heavy atom. The van der Waals surface area contributed by atoms with Gasteiger partial charge >= 0.3 is 0 Å². The van der Waals surface area contributed by atoms with Crippen LogP contribution in [0.3, 0.4) is 0 Å². The van der Waals surface area contributed by atoms with Crippen LogP contribution >= 0.6 is 15.9 Å². The molecule has 21 heavy (non-hydrogen) atoms. The second kappa shape index (κ2) is 6.44. The van der Waals surface area contributed by atoms with Gasteiger partial charge in [0.05, 0.1) is 0 Å². The lowest BCUT2D eigenvalue weighted by Gasteiger charge is -2.19. The molecule has 0 aromatic heterocycles. The van der Waals surface area contributed by atoms with Gasteiger partial charge in [-0.15, -0.1) is 0 Å². The summed E-state index contributed by atoms with van der Waals surface area (Å²) in [6.07, 6.45) is 0. The summed E-state index contributed by atoms with van der Waals surface area (Å²) >= 11 is 3.48. The zero-order chi connectivity index (χ0) is 15.6. The van der Waals surface area contributed by atoms with E-state index in [4.69, 9.17) is 0 Å². The van der Waals surface area contributed by atoms with Crippen LogP contribution < -0.4 is 0 Å². The molecule has 0 atom stereocenters. The summed E-state index contributed by atoms with van der Waals surface area (Å²) in [5.74, 6) is 0.0377. The number of nitrogens with zero attached hydrogens (tertiary/aromatic N) is 1. The molecular weight excluding hydrogens is 326 g/mol. The highest BCUT2D eigenvalue weighted by atomic mass is 79.9. The Morgan fingerprint density at radius 2 is 1.76 bits per heavy atom. The highest BCUT2D eigenvalue weighted by molar-refractivity contribution is 9.10. The SMILES string of the molecule is Cc1ccc(CN(C)C(=O)c2ccc(C)c(Br)c2)c(C)c1. The number of carbonyl (C=O) groups excluding carboxylic acids is 1. The Morgan fingerprint density at radius 3 is 2.38 bits per heavy atom. The van der Waals surface area contributed by atoms with Crippen LogP contribution in [0, 0.1) is 20.8 Å². The second-order valence-corrected chi connectivity index (χ2v) is 6.41. The number of halogens is 1. The normalized spacial score (nSPS) is 10.5. The maximum Gasteiger partial charge on any atom is 0.253 e. The minimum absolute atomic E-state index is 0.0377. The summed E-state index contributed by atoms with van der Waals surface area (Å²) in [5, 5.41) is 0. The van der Waals surface area contributed by atoms with Crippen molar-refractivity contribution in [2.45, 2.75) is 27.3 Å². The van der Waals surface area contributed by atoms with Crippen molar-refractivity contribution >= 4 is 21.8 Å². The molecule has 3 heteroatoms. The van der Waals surface area contributed by atoms with E-state index in [0.717, 1.165) is 10.0 Å². The summed E-state index contributed by atoms with van der Waals surface area (Å²) in [6.45, 7) is 6.80. The molecule has 2 nitrogen and oxygen atoms in total.